The van der Waals surface area contributed by atoms with Gasteiger partial charge in [-0.2, -0.15) is 5.26 Å². The van der Waals surface area contributed by atoms with Crippen LogP contribution < -0.4 is 10.6 Å². The van der Waals surface area contributed by atoms with E-state index in [0.717, 1.165) is 10.5 Å². The van der Waals surface area contributed by atoms with E-state index >= 15 is 0 Å². The number of carbonyl (C=O) groups is 4. The van der Waals surface area contributed by atoms with Crippen molar-refractivity contribution in [2.45, 2.75) is 65.6 Å². The zero-order valence-corrected chi connectivity index (χ0v) is 21.5. The van der Waals surface area contributed by atoms with Gasteiger partial charge in [0.2, 0.25) is 11.8 Å². The molecule has 192 valence electrons. The Balaban J connectivity index is 3.43. The Hall–Kier alpha value is -3.61. The fraction of sp³-hybridized carbons (Fsp3) is 0.560. The lowest BCUT2D eigenvalue weighted by Crippen LogP contribution is -2.55. The van der Waals surface area contributed by atoms with E-state index in [9.17, 15) is 24.4 Å². The first-order valence-corrected chi connectivity index (χ1v) is 11.4. The van der Waals surface area contributed by atoms with E-state index in [4.69, 9.17) is 4.74 Å². The number of hydrogen-bond acceptors (Lipinski definition) is 7. The predicted octanol–water partition coefficient (Wildman–Crippen LogP) is 2.62. The number of benzene rings is 1. The molecule has 0 saturated heterocycles. The average molecular weight is 489 g/mol. The Morgan fingerprint density at radius 1 is 1.14 bits per heavy atom. The molecule has 1 aromatic carbocycles. The predicted molar refractivity (Wildman–Crippen MR) is 129 cm³/mol. The van der Waals surface area contributed by atoms with Gasteiger partial charge in [0.25, 0.3) is 0 Å². The van der Waals surface area contributed by atoms with Crippen LogP contribution in [0.4, 0.5) is 4.79 Å². The van der Waals surface area contributed by atoms with E-state index in [2.05, 4.69) is 15.4 Å². The van der Waals surface area contributed by atoms with Crippen molar-refractivity contribution in [3.05, 3.63) is 35.4 Å². The maximum absolute atomic E-state index is 13.7. The summed E-state index contributed by atoms with van der Waals surface area (Å²) in [6.45, 7) is 9.79. The van der Waals surface area contributed by atoms with Gasteiger partial charge in [0, 0.05) is 0 Å². The molecule has 0 bridgehead atoms. The number of esters is 1. The first kappa shape index (κ1) is 29.4. The Bertz CT molecular complexity index is 933. The molecular formula is C25H36N4O6. The van der Waals surface area contributed by atoms with E-state index in [0.29, 0.717) is 12.0 Å². The second kappa shape index (κ2) is 13.3. The van der Waals surface area contributed by atoms with Crippen LogP contribution in [0.2, 0.25) is 0 Å². The maximum atomic E-state index is 13.7. The lowest BCUT2D eigenvalue weighted by atomic mass is 9.95. The monoisotopic (exact) mass is 488 g/mol. The van der Waals surface area contributed by atoms with Crippen molar-refractivity contribution in [1.82, 2.24) is 15.5 Å². The molecule has 1 rings (SSSR count). The molecule has 35 heavy (non-hydrogen) atoms. The molecule has 0 fully saturated rings. The Labute approximate surface area is 206 Å². The van der Waals surface area contributed by atoms with Gasteiger partial charge in [0.05, 0.1) is 13.2 Å². The highest BCUT2D eigenvalue weighted by Gasteiger charge is 2.38. The van der Waals surface area contributed by atoms with Crippen LogP contribution in [-0.4, -0.2) is 60.6 Å². The number of alkyl carbamates (subject to hydrolysis) is 1. The van der Waals surface area contributed by atoms with Gasteiger partial charge < -0.3 is 25.0 Å². The van der Waals surface area contributed by atoms with Crippen LogP contribution in [0.1, 0.15) is 58.2 Å². The maximum Gasteiger partial charge on any atom is 0.408 e. The topological polar surface area (TPSA) is 138 Å². The summed E-state index contributed by atoms with van der Waals surface area (Å²) in [7, 11) is 1.19. The summed E-state index contributed by atoms with van der Waals surface area (Å²) in [5.74, 6) is -2.27. The van der Waals surface area contributed by atoms with Crippen molar-refractivity contribution in [3.8, 4) is 6.07 Å². The smallest absolute Gasteiger partial charge is 0.408 e. The Kier molecular flexibility index (Phi) is 11.2. The first-order valence-electron chi connectivity index (χ1n) is 11.4. The van der Waals surface area contributed by atoms with Gasteiger partial charge in [0.1, 0.15) is 30.8 Å². The molecule has 0 heterocycles. The first-order chi connectivity index (χ1) is 16.3. The van der Waals surface area contributed by atoms with E-state index in [-0.39, 0.29) is 5.92 Å². The average Bonchev–Trinajstić information content (AvgIpc) is 2.79. The second-order valence-corrected chi connectivity index (χ2v) is 9.24. The molecule has 1 aromatic rings. The quantitative estimate of drug-likeness (QED) is 0.381. The number of rotatable bonds is 10. The third kappa shape index (κ3) is 9.27. The summed E-state index contributed by atoms with van der Waals surface area (Å²) in [6, 6.07) is 6.56. The van der Waals surface area contributed by atoms with Crippen LogP contribution in [0.25, 0.3) is 0 Å². The minimum Gasteiger partial charge on any atom is -0.468 e. The number of nitrogens with one attached hydrogen (secondary N) is 2. The number of nitriles is 1. The molecule has 3 unspecified atom stereocenters. The van der Waals surface area contributed by atoms with Crippen LogP contribution in [-0.2, 0) is 23.9 Å². The molecule has 3 amide bonds. The van der Waals surface area contributed by atoms with Gasteiger partial charge in [-0.1, -0.05) is 50.1 Å². The summed E-state index contributed by atoms with van der Waals surface area (Å²) in [5, 5.41) is 14.6. The van der Waals surface area contributed by atoms with E-state index in [1.54, 1.807) is 52.0 Å². The fourth-order valence-electron chi connectivity index (χ4n) is 3.22. The lowest BCUT2D eigenvalue weighted by Gasteiger charge is -2.34. The van der Waals surface area contributed by atoms with Crippen LogP contribution in [0.5, 0.6) is 0 Å². The minimum atomic E-state index is -1.22. The largest absolute Gasteiger partial charge is 0.468 e. The lowest BCUT2D eigenvalue weighted by molar-refractivity contribution is -0.144. The third-order valence-electron chi connectivity index (χ3n) is 5.26. The van der Waals surface area contributed by atoms with Gasteiger partial charge in [-0.25, -0.2) is 4.79 Å². The molecule has 0 aliphatic carbocycles. The highest BCUT2D eigenvalue weighted by molar-refractivity contribution is 5.93. The zero-order chi connectivity index (χ0) is 26.8. The summed E-state index contributed by atoms with van der Waals surface area (Å²) in [4.78, 5) is 52.1. The van der Waals surface area contributed by atoms with Crippen molar-refractivity contribution in [1.29, 1.82) is 5.26 Å². The van der Waals surface area contributed by atoms with Crippen molar-refractivity contribution in [2.75, 3.05) is 20.2 Å². The Morgan fingerprint density at radius 3 is 2.23 bits per heavy atom. The highest BCUT2D eigenvalue weighted by atomic mass is 16.6. The highest BCUT2D eigenvalue weighted by Crippen LogP contribution is 2.25. The molecule has 2 N–H and O–H groups in total. The van der Waals surface area contributed by atoms with Gasteiger partial charge in [-0.05, 0) is 39.2 Å². The molecule has 0 spiro atoms. The normalized spacial score (nSPS) is 13.4. The van der Waals surface area contributed by atoms with Gasteiger partial charge >= 0.3 is 12.1 Å². The number of hydrogen-bond donors (Lipinski definition) is 2. The number of ether oxygens (including phenoxy) is 2. The van der Waals surface area contributed by atoms with Gasteiger partial charge in [-0.3, -0.25) is 14.4 Å². The molecule has 0 aliphatic heterocycles. The van der Waals surface area contributed by atoms with Gasteiger partial charge in [-0.15, -0.1) is 0 Å². The zero-order valence-electron chi connectivity index (χ0n) is 21.5. The number of amides is 3. The number of aryl methyl sites for hydroxylation is 1. The summed E-state index contributed by atoms with van der Waals surface area (Å²) >= 11 is 0. The van der Waals surface area contributed by atoms with Crippen LogP contribution in [0.3, 0.4) is 0 Å². The number of methoxy groups -OCH3 is 1. The molecular weight excluding hydrogens is 452 g/mol. The summed E-state index contributed by atoms with van der Waals surface area (Å²) in [5.41, 5.74) is 0.601. The van der Waals surface area contributed by atoms with Crippen LogP contribution in [0, 0.1) is 24.2 Å². The molecule has 3 atom stereocenters. The standard InChI is InChI=1S/C25H36N4O6/c1-8-17(3)20(28-24(33)35-25(4,5)6)23(32)29(14-13-26)21(18-11-9-16(2)10-12-18)22(31)27-15-19(30)34-7/h9-12,17,20-21H,8,14-15H2,1-7H3,(H,27,31)(H,28,33). The molecule has 0 radical (unpaired) electrons. The van der Waals surface area contributed by atoms with Crippen molar-refractivity contribution in [3.63, 3.8) is 0 Å². The Morgan fingerprint density at radius 2 is 1.74 bits per heavy atom. The van der Waals surface area contributed by atoms with Crippen molar-refractivity contribution < 1.29 is 28.7 Å². The van der Waals surface area contributed by atoms with Crippen LogP contribution >= 0.6 is 0 Å². The summed E-state index contributed by atoms with van der Waals surface area (Å²) in [6.07, 6.45) is -0.244. The third-order valence-corrected chi connectivity index (χ3v) is 5.26. The van der Waals surface area contributed by atoms with Crippen molar-refractivity contribution >= 4 is 23.9 Å². The number of carbonyl (C=O) groups excluding carboxylic acids is 4. The van der Waals surface area contributed by atoms with Crippen LogP contribution in [0.15, 0.2) is 24.3 Å². The van der Waals surface area contributed by atoms with E-state index < -0.39 is 54.7 Å². The minimum absolute atomic E-state index is 0.326. The fourth-order valence-corrected chi connectivity index (χ4v) is 3.22. The van der Waals surface area contributed by atoms with E-state index in [1.165, 1.54) is 7.11 Å². The molecule has 0 aliphatic rings. The van der Waals surface area contributed by atoms with Gasteiger partial charge in [0.15, 0.2) is 0 Å². The molecule has 0 saturated carbocycles. The molecule has 10 nitrogen and oxygen atoms in total. The molecule has 0 aromatic heterocycles. The van der Waals surface area contributed by atoms with E-state index in [1.807, 2.05) is 19.9 Å². The second-order valence-electron chi connectivity index (χ2n) is 9.24. The SMILES string of the molecule is CCC(C)C(NC(=O)OC(C)(C)C)C(=O)N(CC#N)C(C(=O)NCC(=O)OC)c1ccc(C)cc1. The summed E-state index contributed by atoms with van der Waals surface area (Å²) < 4.78 is 9.90. The van der Waals surface area contributed by atoms with Crippen molar-refractivity contribution in [2.24, 2.45) is 5.92 Å². The molecule has 10 heteroatoms. The number of nitrogens with zero attached hydrogens (tertiary/aromatic N) is 2.